The second-order valence-electron chi connectivity index (χ2n) is 8.62. The third-order valence-corrected chi connectivity index (χ3v) is 6.43. The molecule has 0 aliphatic carbocycles. The van der Waals surface area contributed by atoms with Crippen molar-refractivity contribution in [3.05, 3.63) is 39.9 Å². The van der Waals surface area contributed by atoms with Gasteiger partial charge in [-0.15, -0.1) is 0 Å². The van der Waals surface area contributed by atoms with E-state index in [-0.39, 0.29) is 18.1 Å². The van der Waals surface area contributed by atoms with E-state index in [1.165, 1.54) is 16.5 Å². The molecular weight excluding hydrogens is 368 g/mol. The highest BCUT2D eigenvalue weighted by molar-refractivity contribution is 5.81. The number of hydrogen-bond acceptors (Lipinski definition) is 6. The van der Waals surface area contributed by atoms with Gasteiger partial charge in [-0.2, -0.15) is 0 Å². The number of rotatable bonds is 5. The zero-order valence-corrected chi connectivity index (χ0v) is 17.1. The van der Waals surface area contributed by atoms with Crippen LogP contribution < -0.4 is 16.2 Å². The van der Waals surface area contributed by atoms with Crippen LogP contribution in [0.2, 0.25) is 0 Å². The van der Waals surface area contributed by atoms with E-state index in [0.29, 0.717) is 17.7 Å². The van der Waals surface area contributed by atoms with Crippen LogP contribution in [0.1, 0.15) is 49.1 Å². The number of fused-ring (bicyclic) bond motifs is 1. The highest BCUT2D eigenvalue weighted by Gasteiger charge is 2.25. The second kappa shape index (κ2) is 8.92. The highest BCUT2D eigenvalue weighted by Crippen LogP contribution is 2.28. The molecular formula is C22H32N4O3. The Morgan fingerprint density at radius 1 is 1.24 bits per heavy atom. The SMILES string of the molecule is Cc1cc(C2CCNCC2)cc2c(=O)n(C[C@@H](O)C[C@H]3NCCC[C@@H]3O)cnc12. The molecule has 2 fully saturated rings. The minimum absolute atomic E-state index is 0.106. The van der Waals surface area contributed by atoms with Gasteiger partial charge in [0.15, 0.2) is 0 Å². The molecule has 0 bridgehead atoms. The van der Waals surface area contributed by atoms with Gasteiger partial charge in [-0.05, 0) is 81.8 Å². The van der Waals surface area contributed by atoms with Gasteiger partial charge in [0, 0.05) is 6.04 Å². The Balaban J connectivity index is 1.56. The maximum atomic E-state index is 13.1. The lowest BCUT2D eigenvalue weighted by molar-refractivity contribution is 0.0539. The predicted octanol–water partition coefficient (Wildman–Crippen LogP) is 1.04. The summed E-state index contributed by atoms with van der Waals surface area (Å²) in [6.07, 6.45) is 4.64. The lowest BCUT2D eigenvalue weighted by Gasteiger charge is -2.30. The fraction of sp³-hybridized carbons (Fsp3) is 0.636. The Hall–Kier alpha value is -1.80. The number of nitrogens with zero attached hydrogens (tertiary/aromatic N) is 2. The predicted molar refractivity (Wildman–Crippen MR) is 113 cm³/mol. The summed E-state index contributed by atoms with van der Waals surface area (Å²) < 4.78 is 1.51. The molecule has 7 heteroatoms. The molecule has 0 spiro atoms. The van der Waals surface area contributed by atoms with Gasteiger partial charge in [-0.3, -0.25) is 9.36 Å². The summed E-state index contributed by atoms with van der Waals surface area (Å²) in [4.78, 5) is 17.7. The van der Waals surface area contributed by atoms with Crippen molar-refractivity contribution in [1.82, 2.24) is 20.2 Å². The van der Waals surface area contributed by atoms with Crippen LogP contribution in [-0.4, -0.2) is 57.6 Å². The average molecular weight is 401 g/mol. The van der Waals surface area contributed by atoms with E-state index in [0.717, 1.165) is 56.4 Å². The molecule has 7 nitrogen and oxygen atoms in total. The van der Waals surface area contributed by atoms with E-state index < -0.39 is 12.2 Å². The minimum Gasteiger partial charge on any atom is -0.392 e. The number of benzene rings is 1. The number of aliphatic hydroxyl groups is 2. The first-order valence-electron chi connectivity index (χ1n) is 10.8. The van der Waals surface area contributed by atoms with Crippen molar-refractivity contribution in [1.29, 1.82) is 0 Å². The van der Waals surface area contributed by atoms with Crippen molar-refractivity contribution >= 4 is 10.9 Å². The minimum atomic E-state index is -0.717. The third-order valence-electron chi connectivity index (χ3n) is 6.43. The van der Waals surface area contributed by atoms with Crippen LogP contribution >= 0.6 is 0 Å². The van der Waals surface area contributed by atoms with E-state index in [2.05, 4.69) is 21.7 Å². The van der Waals surface area contributed by atoms with Gasteiger partial charge in [0.25, 0.3) is 5.56 Å². The monoisotopic (exact) mass is 400 g/mol. The van der Waals surface area contributed by atoms with Crippen LogP contribution in [-0.2, 0) is 6.54 Å². The van der Waals surface area contributed by atoms with Crippen molar-refractivity contribution < 1.29 is 10.2 Å². The van der Waals surface area contributed by atoms with E-state index in [9.17, 15) is 15.0 Å². The van der Waals surface area contributed by atoms with Crippen molar-refractivity contribution in [2.24, 2.45) is 0 Å². The molecule has 3 heterocycles. The second-order valence-corrected chi connectivity index (χ2v) is 8.62. The fourth-order valence-electron chi connectivity index (χ4n) is 4.77. The summed E-state index contributed by atoms with van der Waals surface area (Å²) in [7, 11) is 0. The quantitative estimate of drug-likeness (QED) is 0.599. The standard InChI is InChI=1S/C22H32N4O3/c1-14-9-16(15-4-7-23-8-5-15)10-18-21(14)25-13-26(22(18)29)12-17(27)11-19-20(28)3-2-6-24-19/h9-10,13,15,17,19-20,23-24,27-28H,2-8,11-12H2,1H3/t17-,19+,20-/m0/s1. The van der Waals surface area contributed by atoms with Crippen molar-refractivity contribution in [3.63, 3.8) is 0 Å². The first kappa shape index (κ1) is 20.5. The molecule has 0 radical (unpaired) electrons. The molecule has 158 valence electrons. The summed E-state index contributed by atoms with van der Waals surface area (Å²) in [5.41, 5.74) is 2.87. The average Bonchev–Trinajstić information content (AvgIpc) is 2.72. The summed E-state index contributed by atoms with van der Waals surface area (Å²) >= 11 is 0. The zero-order chi connectivity index (χ0) is 20.4. The maximum Gasteiger partial charge on any atom is 0.261 e. The molecule has 1 aromatic heterocycles. The van der Waals surface area contributed by atoms with Crippen LogP contribution in [0, 0.1) is 6.92 Å². The highest BCUT2D eigenvalue weighted by atomic mass is 16.3. The molecule has 29 heavy (non-hydrogen) atoms. The topological polar surface area (TPSA) is 99.4 Å². The Kier molecular flexibility index (Phi) is 6.29. The molecule has 0 saturated carbocycles. The van der Waals surface area contributed by atoms with Crippen molar-refractivity contribution in [3.8, 4) is 0 Å². The van der Waals surface area contributed by atoms with Crippen LogP contribution in [0.15, 0.2) is 23.3 Å². The van der Waals surface area contributed by atoms with E-state index in [4.69, 9.17) is 0 Å². The molecule has 1 aromatic carbocycles. The first-order chi connectivity index (χ1) is 14.0. The molecule has 2 aliphatic rings. The van der Waals surface area contributed by atoms with Gasteiger partial charge in [0.1, 0.15) is 0 Å². The number of aromatic nitrogens is 2. The van der Waals surface area contributed by atoms with Gasteiger partial charge in [-0.1, -0.05) is 6.07 Å². The maximum absolute atomic E-state index is 13.1. The Bertz CT molecular complexity index is 907. The van der Waals surface area contributed by atoms with Crippen LogP contribution in [0.4, 0.5) is 0 Å². The summed E-state index contributed by atoms with van der Waals surface area (Å²) in [5, 5.41) is 27.9. The fourth-order valence-corrected chi connectivity index (χ4v) is 4.77. The molecule has 4 N–H and O–H groups in total. The Labute approximate surface area is 171 Å². The molecule has 4 rings (SSSR count). The summed E-state index contributed by atoms with van der Waals surface area (Å²) in [5.74, 6) is 0.469. The van der Waals surface area contributed by atoms with Crippen LogP contribution in [0.25, 0.3) is 10.9 Å². The number of nitrogens with one attached hydrogen (secondary N) is 2. The molecule has 3 atom stereocenters. The van der Waals surface area contributed by atoms with Crippen LogP contribution in [0.3, 0.4) is 0 Å². The van der Waals surface area contributed by atoms with Gasteiger partial charge < -0.3 is 20.8 Å². The number of piperidine rings is 2. The lowest BCUT2D eigenvalue weighted by atomic mass is 9.88. The third kappa shape index (κ3) is 4.53. The van der Waals surface area contributed by atoms with Gasteiger partial charge in [-0.25, -0.2) is 4.98 Å². The number of hydrogen-bond donors (Lipinski definition) is 4. The summed E-state index contributed by atoms with van der Waals surface area (Å²) in [6, 6.07) is 4.04. The first-order valence-corrected chi connectivity index (χ1v) is 10.8. The lowest BCUT2D eigenvalue weighted by Crippen LogP contribution is -2.47. The van der Waals surface area contributed by atoms with Gasteiger partial charge in [0.05, 0.1) is 36.0 Å². The van der Waals surface area contributed by atoms with E-state index in [1.54, 1.807) is 0 Å². The smallest absolute Gasteiger partial charge is 0.261 e. The zero-order valence-electron chi connectivity index (χ0n) is 17.1. The largest absolute Gasteiger partial charge is 0.392 e. The van der Waals surface area contributed by atoms with Gasteiger partial charge in [0.2, 0.25) is 0 Å². The Morgan fingerprint density at radius 3 is 2.79 bits per heavy atom. The molecule has 2 aliphatic heterocycles. The Morgan fingerprint density at radius 2 is 2.03 bits per heavy atom. The van der Waals surface area contributed by atoms with E-state index in [1.807, 2.05) is 13.0 Å². The normalized spacial score (nSPS) is 24.7. The van der Waals surface area contributed by atoms with E-state index >= 15 is 0 Å². The number of aryl methyl sites for hydroxylation is 1. The van der Waals surface area contributed by atoms with Crippen molar-refractivity contribution in [2.45, 2.75) is 69.7 Å². The molecule has 0 unspecified atom stereocenters. The summed E-state index contributed by atoms with van der Waals surface area (Å²) in [6.45, 7) is 5.06. The number of aliphatic hydroxyl groups excluding tert-OH is 2. The molecule has 0 amide bonds. The van der Waals surface area contributed by atoms with Crippen molar-refractivity contribution in [2.75, 3.05) is 19.6 Å². The van der Waals surface area contributed by atoms with Gasteiger partial charge >= 0.3 is 0 Å². The molecule has 2 saturated heterocycles. The van der Waals surface area contributed by atoms with Crippen LogP contribution in [0.5, 0.6) is 0 Å². The molecule has 2 aromatic rings.